The Kier molecular flexibility index (Phi) is 2.33. The second kappa shape index (κ2) is 3.26. The van der Waals surface area contributed by atoms with Crippen molar-refractivity contribution in [1.82, 2.24) is 4.98 Å². The van der Waals surface area contributed by atoms with Gasteiger partial charge >= 0.3 is 0 Å². The topological polar surface area (TPSA) is 48.1 Å². The van der Waals surface area contributed by atoms with Gasteiger partial charge in [-0.3, -0.25) is 0 Å². The Morgan fingerprint density at radius 1 is 1.58 bits per heavy atom. The van der Waals surface area contributed by atoms with Crippen LogP contribution < -0.4 is 10.5 Å². The van der Waals surface area contributed by atoms with E-state index in [4.69, 9.17) is 10.5 Å². The number of nitrogen functional groups attached to an aromatic ring is 1. The first-order valence-electron chi connectivity index (χ1n) is 3.61. The van der Waals surface area contributed by atoms with Gasteiger partial charge in [-0.2, -0.15) is 0 Å². The van der Waals surface area contributed by atoms with Gasteiger partial charge in [-0.05, 0) is 24.6 Å². The molecule has 0 atom stereocenters. The largest absolute Gasteiger partial charge is 0.494 e. The van der Waals surface area contributed by atoms with E-state index in [1.165, 1.54) is 0 Å². The first-order valence-corrected chi connectivity index (χ1v) is 3.61. The molecule has 3 heteroatoms. The van der Waals surface area contributed by atoms with Crippen LogP contribution in [0.15, 0.2) is 18.7 Å². The minimum atomic E-state index is 0.480. The lowest BCUT2D eigenvalue weighted by atomic mass is 10.2. The molecule has 0 spiro atoms. The molecule has 0 amide bonds. The van der Waals surface area contributed by atoms with Gasteiger partial charge in [-0.25, -0.2) is 4.98 Å². The molecule has 64 valence electrons. The van der Waals surface area contributed by atoms with Crippen molar-refractivity contribution < 1.29 is 4.74 Å². The quantitative estimate of drug-likeness (QED) is 0.723. The third-order valence-corrected chi connectivity index (χ3v) is 1.50. The van der Waals surface area contributed by atoms with Crippen molar-refractivity contribution in [2.75, 3.05) is 12.8 Å². The van der Waals surface area contributed by atoms with Gasteiger partial charge in [0.15, 0.2) is 0 Å². The molecule has 1 aromatic heterocycles. The number of rotatable bonds is 2. The molecular weight excluding hydrogens is 152 g/mol. The molecule has 1 heterocycles. The molecule has 12 heavy (non-hydrogen) atoms. The summed E-state index contributed by atoms with van der Waals surface area (Å²) >= 11 is 0. The lowest BCUT2D eigenvalue weighted by Gasteiger charge is -2.06. The summed E-state index contributed by atoms with van der Waals surface area (Å²) in [5.74, 6) is 1.19. The van der Waals surface area contributed by atoms with Crippen molar-refractivity contribution in [2.24, 2.45) is 0 Å². The number of methoxy groups -OCH3 is 1. The summed E-state index contributed by atoms with van der Waals surface area (Å²) in [4.78, 5) is 4.10. The summed E-state index contributed by atoms with van der Waals surface area (Å²) in [6, 6.07) is 3.48. The predicted molar refractivity (Wildman–Crippen MR) is 49.9 cm³/mol. The molecule has 0 aliphatic carbocycles. The van der Waals surface area contributed by atoms with Gasteiger partial charge in [0.2, 0.25) is 0 Å². The zero-order valence-corrected chi connectivity index (χ0v) is 7.29. The van der Waals surface area contributed by atoms with Gasteiger partial charge in [0.25, 0.3) is 0 Å². The number of hydrogen-bond donors (Lipinski definition) is 1. The Hall–Kier alpha value is -1.51. The van der Waals surface area contributed by atoms with Crippen LogP contribution in [-0.4, -0.2) is 12.1 Å². The fourth-order valence-corrected chi connectivity index (χ4v) is 0.932. The predicted octanol–water partition coefficient (Wildman–Crippen LogP) is 1.71. The molecule has 1 rings (SSSR count). The van der Waals surface area contributed by atoms with E-state index in [-0.39, 0.29) is 0 Å². The fraction of sp³-hybridized carbons (Fsp3) is 0.222. The van der Waals surface area contributed by atoms with Crippen LogP contribution in [0.3, 0.4) is 0 Å². The van der Waals surface area contributed by atoms with Crippen molar-refractivity contribution >= 4 is 11.4 Å². The van der Waals surface area contributed by atoms with Crippen LogP contribution in [0.1, 0.15) is 12.6 Å². The summed E-state index contributed by atoms with van der Waals surface area (Å²) in [7, 11) is 1.60. The van der Waals surface area contributed by atoms with E-state index in [0.29, 0.717) is 11.6 Å². The molecule has 0 aliphatic rings. The van der Waals surface area contributed by atoms with Crippen LogP contribution in [0.4, 0.5) is 5.82 Å². The number of aromatic nitrogens is 1. The summed E-state index contributed by atoms with van der Waals surface area (Å²) in [6.45, 7) is 5.64. The summed E-state index contributed by atoms with van der Waals surface area (Å²) in [5.41, 5.74) is 7.08. The van der Waals surface area contributed by atoms with E-state index >= 15 is 0 Å². The first kappa shape index (κ1) is 8.59. The van der Waals surface area contributed by atoms with E-state index in [2.05, 4.69) is 11.6 Å². The Labute approximate surface area is 71.9 Å². The van der Waals surface area contributed by atoms with Crippen molar-refractivity contribution in [2.45, 2.75) is 6.92 Å². The van der Waals surface area contributed by atoms with E-state index in [9.17, 15) is 0 Å². The average molecular weight is 164 g/mol. The number of hydrogen-bond acceptors (Lipinski definition) is 3. The Bertz CT molecular complexity index is 307. The van der Waals surface area contributed by atoms with E-state index in [0.717, 1.165) is 11.3 Å². The standard InChI is InChI=1S/C9H12N2O/c1-6(2)9-7(12-3)4-5-8(10)11-9/h4-5H,1H2,2-3H3,(H2,10,11). The molecule has 3 nitrogen and oxygen atoms in total. The van der Waals surface area contributed by atoms with Crippen LogP contribution >= 0.6 is 0 Å². The second-order valence-corrected chi connectivity index (χ2v) is 2.57. The van der Waals surface area contributed by atoms with E-state index in [1.807, 2.05) is 6.92 Å². The maximum absolute atomic E-state index is 5.51. The highest BCUT2D eigenvalue weighted by Gasteiger charge is 2.04. The highest BCUT2D eigenvalue weighted by Crippen LogP contribution is 2.23. The maximum atomic E-state index is 5.51. The zero-order chi connectivity index (χ0) is 9.14. The van der Waals surface area contributed by atoms with Crippen LogP contribution in [0.5, 0.6) is 5.75 Å². The molecule has 0 aromatic carbocycles. The van der Waals surface area contributed by atoms with Crippen LogP contribution in [0, 0.1) is 0 Å². The van der Waals surface area contributed by atoms with Crippen LogP contribution in [0.25, 0.3) is 5.57 Å². The fourth-order valence-electron chi connectivity index (χ4n) is 0.932. The van der Waals surface area contributed by atoms with Gasteiger partial charge in [0.05, 0.1) is 7.11 Å². The second-order valence-electron chi connectivity index (χ2n) is 2.57. The number of pyridine rings is 1. The van der Waals surface area contributed by atoms with Gasteiger partial charge < -0.3 is 10.5 Å². The smallest absolute Gasteiger partial charge is 0.144 e. The third-order valence-electron chi connectivity index (χ3n) is 1.50. The number of nitrogens with zero attached hydrogens (tertiary/aromatic N) is 1. The van der Waals surface area contributed by atoms with E-state index < -0.39 is 0 Å². The third kappa shape index (κ3) is 1.56. The highest BCUT2D eigenvalue weighted by atomic mass is 16.5. The average Bonchev–Trinajstić information content (AvgIpc) is 2.04. The number of allylic oxidation sites excluding steroid dienone is 1. The zero-order valence-electron chi connectivity index (χ0n) is 7.29. The summed E-state index contributed by atoms with van der Waals surface area (Å²) in [6.07, 6.45) is 0. The molecule has 0 saturated carbocycles. The van der Waals surface area contributed by atoms with Crippen LogP contribution in [0.2, 0.25) is 0 Å². The molecule has 0 aliphatic heterocycles. The van der Waals surface area contributed by atoms with E-state index in [1.54, 1.807) is 19.2 Å². The van der Waals surface area contributed by atoms with Crippen molar-refractivity contribution in [1.29, 1.82) is 0 Å². The molecule has 0 radical (unpaired) electrons. The molecule has 0 saturated heterocycles. The Morgan fingerprint density at radius 2 is 2.25 bits per heavy atom. The monoisotopic (exact) mass is 164 g/mol. The normalized spacial score (nSPS) is 9.50. The molecule has 2 N–H and O–H groups in total. The molecular formula is C9H12N2O. The van der Waals surface area contributed by atoms with Gasteiger partial charge in [-0.15, -0.1) is 0 Å². The molecule has 1 aromatic rings. The molecule has 0 unspecified atom stereocenters. The number of anilines is 1. The summed E-state index contributed by atoms with van der Waals surface area (Å²) < 4.78 is 5.08. The van der Waals surface area contributed by atoms with Gasteiger partial charge in [0.1, 0.15) is 17.3 Å². The van der Waals surface area contributed by atoms with Crippen LogP contribution in [-0.2, 0) is 0 Å². The van der Waals surface area contributed by atoms with Crippen molar-refractivity contribution in [3.05, 3.63) is 24.4 Å². The SMILES string of the molecule is C=C(C)c1nc(N)ccc1OC. The summed E-state index contributed by atoms with van der Waals surface area (Å²) in [5, 5.41) is 0. The van der Waals surface area contributed by atoms with Gasteiger partial charge in [-0.1, -0.05) is 6.58 Å². The molecule has 0 fully saturated rings. The maximum Gasteiger partial charge on any atom is 0.144 e. The number of nitrogens with two attached hydrogens (primary N) is 1. The Balaban J connectivity index is 3.21. The number of ether oxygens (including phenoxy) is 1. The minimum Gasteiger partial charge on any atom is -0.494 e. The minimum absolute atomic E-state index is 0.480. The first-order chi connectivity index (χ1) is 5.65. The van der Waals surface area contributed by atoms with Crippen molar-refractivity contribution in [3.63, 3.8) is 0 Å². The Morgan fingerprint density at radius 3 is 2.75 bits per heavy atom. The highest BCUT2D eigenvalue weighted by molar-refractivity contribution is 5.65. The molecule has 0 bridgehead atoms. The van der Waals surface area contributed by atoms with Gasteiger partial charge in [0, 0.05) is 0 Å². The lowest BCUT2D eigenvalue weighted by Crippen LogP contribution is -1.97. The van der Waals surface area contributed by atoms with Crippen molar-refractivity contribution in [3.8, 4) is 5.75 Å². The lowest BCUT2D eigenvalue weighted by molar-refractivity contribution is 0.411.